The molecule has 2 aliphatic heterocycles. The molecule has 1 saturated heterocycles. The van der Waals surface area contributed by atoms with Crippen molar-refractivity contribution in [1.29, 1.82) is 0 Å². The molecule has 3 heterocycles. The van der Waals surface area contributed by atoms with Crippen LogP contribution in [-0.4, -0.2) is 22.6 Å². The zero-order valence-electron chi connectivity index (χ0n) is 11.0. The van der Waals surface area contributed by atoms with E-state index < -0.39 is 0 Å². The molecule has 2 unspecified atom stereocenters. The van der Waals surface area contributed by atoms with E-state index in [-0.39, 0.29) is 5.56 Å². The second-order valence-electron chi connectivity index (χ2n) is 5.82. The molecule has 0 aromatic carbocycles. The first-order valence-electron chi connectivity index (χ1n) is 7.02. The van der Waals surface area contributed by atoms with Crippen LogP contribution in [-0.2, 0) is 19.4 Å². The number of aromatic nitrogens is 2. The van der Waals surface area contributed by atoms with Crippen molar-refractivity contribution in [3.05, 3.63) is 27.9 Å². The average molecular weight is 247 g/mol. The Balaban J connectivity index is 1.84. The van der Waals surface area contributed by atoms with Crippen molar-refractivity contribution >= 4 is 0 Å². The summed E-state index contributed by atoms with van der Waals surface area (Å²) in [5.41, 5.74) is 1.14. The summed E-state index contributed by atoms with van der Waals surface area (Å²) in [7, 11) is 0. The largest absolute Gasteiger partial charge is 0.316 e. The van der Waals surface area contributed by atoms with Gasteiger partial charge in [0.15, 0.2) is 0 Å². The smallest absolute Gasteiger partial charge is 0.253 e. The molecule has 1 aromatic heterocycles. The van der Waals surface area contributed by atoms with Gasteiger partial charge in [0.05, 0.1) is 0 Å². The van der Waals surface area contributed by atoms with Gasteiger partial charge in [-0.15, -0.1) is 0 Å². The summed E-state index contributed by atoms with van der Waals surface area (Å²) in [5, 5.41) is 3.36. The predicted molar refractivity (Wildman–Crippen MR) is 70.7 cm³/mol. The number of rotatable bonds is 2. The lowest BCUT2D eigenvalue weighted by molar-refractivity contribution is 0.376. The first-order chi connectivity index (χ1) is 8.72. The molecule has 2 aliphatic rings. The van der Waals surface area contributed by atoms with Crippen molar-refractivity contribution in [1.82, 2.24) is 14.9 Å². The van der Waals surface area contributed by atoms with Gasteiger partial charge in [0, 0.05) is 24.7 Å². The van der Waals surface area contributed by atoms with Crippen LogP contribution in [0.15, 0.2) is 10.9 Å². The standard InChI is InChI=1S/C14H21N3O/c1-10-2-3-13-16-12(6-11-4-5-15-8-11)7-14(18)17(13)9-10/h7,10-11,15H,2-6,8-9H2,1H3. The predicted octanol–water partition coefficient (Wildman–Crippen LogP) is 0.978. The molecule has 0 spiro atoms. The molecule has 2 atom stereocenters. The Morgan fingerprint density at radius 2 is 2.39 bits per heavy atom. The Labute approximate surface area is 107 Å². The Bertz CT molecular complexity index is 488. The highest BCUT2D eigenvalue weighted by Crippen LogP contribution is 2.18. The third kappa shape index (κ3) is 2.34. The van der Waals surface area contributed by atoms with Crippen molar-refractivity contribution in [2.75, 3.05) is 13.1 Å². The lowest BCUT2D eigenvalue weighted by Gasteiger charge is -2.23. The minimum absolute atomic E-state index is 0.146. The summed E-state index contributed by atoms with van der Waals surface area (Å²) in [6.07, 6.45) is 4.26. The second kappa shape index (κ2) is 4.84. The van der Waals surface area contributed by atoms with E-state index in [0.29, 0.717) is 11.8 Å². The van der Waals surface area contributed by atoms with Gasteiger partial charge in [-0.3, -0.25) is 9.36 Å². The van der Waals surface area contributed by atoms with Gasteiger partial charge in [0.25, 0.3) is 5.56 Å². The Morgan fingerprint density at radius 3 is 3.17 bits per heavy atom. The highest BCUT2D eigenvalue weighted by molar-refractivity contribution is 5.08. The van der Waals surface area contributed by atoms with E-state index in [1.165, 1.54) is 6.42 Å². The Hall–Kier alpha value is -1.16. The minimum Gasteiger partial charge on any atom is -0.316 e. The molecule has 0 bridgehead atoms. The maximum absolute atomic E-state index is 12.1. The zero-order chi connectivity index (χ0) is 12.5. The SMILES string of the molecule is CC1CCc2nc(CC3CCNC3)cc(=O)n2C1. The summed E-state index contributed by atoms with van der Waals surface area (Å²) in [4.78, 5) is 16.8. The minimum atomic E-state index is 0.146. The fourth-order valence-corrected chi connectivity index (χ4v) is 3.06. The van der Waals surface area contributed by atoms with Crippen molar-refractivity contribution in [3.63, 3.8) is 0 Å². The van der Waals surface area contributed by atoms with Gasteiger partial charge in [-0.1, -0.05) is 6.92 Å². The van der Waals surface area contributed by atoms with E-state index >= 15 is 0 Å². The number of fused-ring (bicyclic) bond motifs is 1. The summed E-state index contributed by atoms with van der Waals surface area (Å²) >= 11 is 0. The third-order valence-corrected chi connectivity index (χ3v) is 4.16. The molecule has 0 amide bonds. The molecule has 98 valence electrons. The number of nitrogens with zero attached hydrogens (tertiary/aromatic N) is 2. The van der Waals surface area contributed by atoms with Crippen LogP contribution in [0.4, 0.5) is 0 Å². The van der Waals surface area contributed by atoms with E-state index in [1.54, 1.807) is 6.07 Å². The monoisotopic (exact) mass is 247 g/mol. The zero-order valence-corrected chi connectivity index (χ0v) is 11.0. The number of hydrogen-bond acceptors (Lipinski definition) is 3. The summed E-state index contributed by atoms with van der Waals surface area (Å²) in [6.45, 7) is 5.21. The van der Waals surface area contributed by atoms with Crippen LogP contribution in [0.2, 0.25) is 0 Å². The molecule has 0 saturated carbocycles. The van der Waals surface area contributed by atoms with E-state index in [0.717, 1.165) is 50.4 Å². The number of nitrogens with one attached hydrogen (secondary N) is 1. The molecule has 4 heteroatoms. The molecule has 0 aliphatic carbocycles. The molecular weight excluding hydrogens is 226 g/mol. The van der Waals surface area contributed by atoms with Crippen LogP contribution >= 0.6 is 0 Å². The molecule has 1 N–H and O–H groups in total. The first kappa shape index (κ1) is 11.9. The van der Waals surface area contributed by atoms with Gasteiger partial charge in [0.2, 0.25) is 0 Å². The fourth-order valence-electron chi connectivity index (χ4n) is 3.06. The van der Waals surface area contributed by atoms with Gasteiger partial charge < -0.3 is 5.32 Å². The quantitative estimate of drug-likeness (QED) is 0.847. The van der Waals surface area contributed by atoms with Crippen LogP contribution in [0.25, 0.3) is 0 Å². The second-order valence-corrected chi connectivity index (χ2v) is 5.82. The van der Waals surface area contributed by atoms with Gasteiger partial charge in [0.1, 0.15) is 5.82 Å². The van der Waals surface area contributed by atoms with Gasteiger partial charge >= 0.3 is 0 Å². The fraction of sp³-hybridized carbons (Fsp3) is 0.714. The summed E-state index contributed by atoms with van der Waals surface area (Å²) in [5.74, 6) is 2.26. The van der Waals surface area contributed by atoms with E-state index in [9.17, 15) is 4.79 Å². The molecule has 1 aromatic rings. The molecular formula is C14H21N3O. The lowest BCUT2D eigenvalue weighted by Crippen LogP contribution is -2.32. The van der Waals surface area contributed by atoms with Crippen molar-refractivity contribution in [2.24, 2.45) is 11.8 Å². The van der Waals surface area contributed by atoms with Gasteiger partial charge in [-0.05, 0) is 44.2 Å². The highest BCUT2D eigenvalue weighted by Gasteiger charge is 2.20. The van der Waals surface area contributed by atoms with Crippen LogP contribution in [0, 0.1) is 11.8 Å². The van der Waals surface area contributed by atoms with Crippen LogP contribution in [0.5, 0.6) is 0 Å². The third-order valence-electron chi connectivity index (χ3n) is 4.16. The lowest BCUT2D eigenvalue weighted by atomic mass is 10.00. The molecule has 3 rings (SSSR count). The highest BCUT2D eigenvalue weighted by atomic mass is 16.1. The van der Waals surface area contributed by atoms with Crippen molar-refractivity contribution < 1.29 is 0 Å². The number of hydrogen-bond donors (Lipinski definition) is 1. The van der Waals surface area contributed by atoms with Gasteiger partial charge in [-0.2, -0.15) is 0 Å². The molecule has 18 heavy (non-hydrogen) atoms. The van der Waals surface area contributed by atoms with Crippen LogP contribution in [0.3, 0.4) is 0 Å². The molecule has 1 fully saturated rings. The van der Waals surface area contributed by atoms with Crippen LogP contribution in [0.1, 0.15) is 31.3 Å². The molecule has 0 radical (unpaired) electrons. The normalized spacial score (nSPS) is 27.2. The van der Waals surface area contributed by atoms with E-state index in [2.05, 4.69) is 12.2 Å². The maximum atomic E-state index is 12.1. The average Bonchev–Trinajstić information content (AvgIpc) is 2.83. The van der Waals surface area contributed by atoms with E-state index in [4.69, 9.17) is 4.98 Å². The van der Waals surface area contributed by atoms with Crippen LogP contribution < -0.4 is 10.9 Å². The maximum Gasteiger partial charge on any atom is 0.253 e. The topological polar surface area (TPSA) is 46.9 Å². The summed E-state index contributed by atoms with van der Waals surface area (Å²) < 4.78 is 1.87. The van der Waals surface area contributed by atoms with Crippen molar-refractivity contribution in [3.8, 4) is 0 Å². The first-order valence-corrected chi connectivity index (χ1v) is 7.02. The summed E-state index contributed by atoms with van der Waals surface area (Å²) in [6, 6.07) is 1.75. The Kier molecular flexibility index (Phi) is 3.20. The van der Waals surface area contributed by atoms with E-state index in [1.807, 2.05) is 4.57 Å². The van der Waals surface area contributed by atoms with Gasteiger partial charge in [-0.25, -0.2) is 4.98 Å². The Morgan fingerprint density at radius 1 is 1.50 bits per heavy atom. The van der Waals surface area contributed by atoms with Crippen molar-refractivity contribution in [2.45, 2.75) is 39.2 Å². The number of aryl methyl sites for hydroxylation is 1. The molecule has 4 nitrogen and oxygen atoms in total.